The summed E-state index contributed by atoms with van der Waals surface area (Å²) in [6, 6.07) is 2.10. The largest absolute Gasteiger partial charge is 0.341 e. The summed E-state index contributed by atoms with van der Waals surface area (Å²) in [7, 11) is 1.95. The van der Waals surface area contributed by atoms with Gasteiger partial charge in [0.15, 0.2) is 0 Å². The van der Waals surface area contributed by atoms with Gasteiger partial charge in [-0.25, -0.2) is 4.68 Å². The van der Waals surface area contributed by atoms with E-state index in [-0.39, 0.29) is 5.28 Å². The Kier molecular flexibility index (Phi) is 3.99. The number of hydrogen-bond acceptors (Lipinski definition) is 5. The van der Waals surface area contributed by atoms with E-state index in [1.54, 1.807) is 23.1 Å². The van der Waals surface area contributed by atoms with E-state index in [4.69, 9.17) is 11.6 Å². The number of anilines is 1. The van der Waals surface area contributed by atoms with E-state index in [1.807, 2.05) is 11.9 Å². The molecule has 1 atom stereocenters. The van der Waals surface area contributed by atoms with E-state index in [0.29, 0.717) is 23.9 Å². The molecule has 1 unspecified atom stereocenters. The van der Waals surface area contributed by atoms with E-state index >= 15 is 0 Å². The minimum Gasteiger partial charge on any atom is -0.341 e. The Balaban J connectivity index is 2.37. The molecule has 2 rings (SSSR count). The lowest BCUT2D eigenvalue weighted by molar-refractivity contribution is 0.498. The van der Waals surface area contributed by atoms with Gasteiger partial charge in [-0.1, -0.05) is 13.8 Å². The molecule has 2 aromatic heterocycles. The van der Waals surface area contributed by atoms with Gasteiger partial charge in [-0.2, -0.15) is 20.1 Å². The van der Waals surface area contributed by atoms with Crippen molar-refractivity contribution in [2.45, 2.75) is 26.8 Å². The lowest BCUT2D eigenvalue weighted by Crippen LogP contribution is -2.34. The zero-order chi connectivity index (χ0) is 14.0. The molecule has 6 nitrogen and oxygen atoms in total. The average Bonchev–Trinajstić information content (AvgIpc) is 2.90. The van der Waals surface area contributed by atoms with Crippen LogP contribution in [0.2, 0.25) is 5.28 Å². The Hall–Kier alpha value is -1.69. The summed E-state index contributed by atoms with van der Waals surface area (Å²) in [5.74, 6) is 1.45. The normalized spacial score (nSPS) is 12.7. The molecule has 0 N–H and O–H groups in total. The molecular weight excluding hydrogens is 264 g/mol. The fraction of sp³-hybridized carbons (Fsp3) is 0.500. The molecule has 0 saturated carbocycles. The number of aromatic nitrogens is 5. The van der Waals surface area contributed by atoms with E-state index < -0.39 is 0 Å². The minimum atomic E-state index is 0.165. The van der Waals surface area contributed by atoms with E-state index in [0.717, 1.165) is 0 Å². The molecule has 0 bridgehead atoms. The summed E-state index contributed by atoms with van der Waals surface area (Å²) in [6.45, 7) is 6.42. The highest BCUT2D eigenvalue weighted by Crippen LogP contribution is 2.17. The maximum atomic E-state index is 5.97. The molecule has 0 aliphatic carbocycles. The van der Waals surface area contributed by atoms with Crippen molar-refractivity contribution in [1.29, 1.82) is 0 Å². The van der Waals surface area contributed by atoms with Crippen LogP contribution in [0.4, 0.5) is 5.95 Å². The molecule has 2 heterocycles. The number of nitrogens with zero attached hydrogens (tertiary/aromatic N) is 6. The zero-order valence-corrected chi connectivity index (χ0v) is 12.2. The first kappa shape index (κ1) is 13.7. The van der Waals surface area contributed by atoms with Gasteiger partial charge in [0.25, 0.3) is 5.95 Å². The molecule has 0 aliphatic rings. The first-order valence-electron chi connectivity index (χ1n) is 6.13. The van der Waals surface area contributed by atoms with E-state index in [2.05, 4.69) is 40.8 Å². The Morgan fingerprint density at radius 1 is 1.21 bits per heavy atom. The molecule has 0 fully saturated rings. The van der Waals surface area contributed by atoms with Gasteiger partial charge in [-0.3, -0.25) is 0 Å². The highest BCUT2D eigenvalue weighted by atomic mass is 35.5. The van der Waals surface area contributed by atoms with E-state index in [1.165, 1.54) is 0 Å². The van der Waals surface area contributed by atoms with Gasteiger partial charge in [0.05, 0.1) is 0 Å². The lowest BCUT2D eigenvalue weighted by atomic mass is 10.1. The first-order chi connectivity index (χ1) is 8.99. The molecule has 0 amide bonds. The van der Waals surface area contributed by atoms with Crippen molar-refractivity contribution >= 4 is 17.5 Å². The summed E-state index contributed by atoms with van der Waals surface area (Å²) in [4.78, 5) is 14.6. The smallest absolute Gasteiger partial charge is 0.256 e. The molecule has 0 spiro atoms. The summed E-state index contributed by atoms with van der Waals surface area (Å²) in [5, 5.41) is 4.26. The van der Waals surface area contributed by atoms with Crippen LogP contribution < -0.4 is 4.90 Å². The van der Waals surface area contributed by atoms with Crippen LogP contribution in [0.1, 0.15) is 20.8 Å². The van der Waals surface area contributed by atoms with Crippen molar-refractivity contribution in [2.24, 2.45) is 5.92 Å². The highest BCUT2D eigenvalue weighted by Gasteiger charge is 2.18. The first-order valence-corrected chi connectivity index (χ1v) is 6.51. The second kappa shape index (κ2) is 5.52. The van der Waals surface area contributed by atoms with Gasteiger partial charge in [0, 0.05) is 25.5 Å². The van der Waals surface area contributed by atoms with Gasteiger partial charge in [-0.05, 0) is 30.5 Å². The summed E-state index contributed by atoms with van der Waals surface area (Å²) in [5.41, 5.74) is 0. The molecular formula is C12H17ClN6. The average molecular weight is 281 g/mol. The topological polar surface area (TPSA) is 59.7 Å². The highest BCUT2D eigenvalue weighted by molar-refractivity contribution is 6.28. The fourth-order valence-corrected chi connectivity index (χ4v) is 1.76. The molecule has 102 valence electrons. The van der Waals surface area contributed by atoms with Gasteiger partial charge in [0.2, 0.25) is 11.2 Å². The molecule has 0 aromatic carbocycles. The van der Waals surface area contributed by atoms with Crippen LogP contribution in [0.25, 0.3) is 5.95 Å². The summed E-state index contributed by atoms with van der Waals surface area (Å²) < 4.78 is 1.56. The minimum absolute atomic E-state index is 0.165. The number of rotatable bonds is 4. The Morgan fingerprint density at radius 3 is 2.53 bits per heavy atom. The Bertz CT molecular complexity index is 539. The van der Waals surface area contributed by atoms with Crippen LogP contribution in [0, 0.1) is 5.92 Å². The van der Waals surface area contributed by atoms with Gasteiger partial charge in [0.1, 0.15) is 0 Å². The van der Waals surface area contributed by atoms with Crippen LogP contribution in [-0.4, -0.2) is 37.8 Å². The Morgan fingerprint density at radius 2 is 1.95 bits per heavy atom. The van der Waals surface area contributed by atoms with Crippen molar-refractivity contribution in [3.8, 4) is 5.95 Å². The van der Waals surface area contributed by atoms with Crippen LogP contribution in [-0.2, 0) is 0 Å². The predicted octanol–water partition coefficient (Wildman–Crippen LogP) is 2.19. The van der Waals surface area contributed by atoms with Crippen LogP contribution in [0.3, 0.4) is 0 Å². The third-order valence-corrected chi connectivity index (χ3v) is 3.35. The van der Waals surface area contributed by atoms with Crippen LogP contribution in [0.5, 0.6) is 0 Å². The molecule has 0 radical (unpaired) electrons. The van der Waals surface area contributed by atoms with Crippen LogP contribution >= 0.6 is 11.6 Å². The second-order valence-electron chi connectivity index (χ2n) is 4.75. The van der Waals surface area contributed by atoms with Gasteiger partial charge >= 0.3 is 0 Å². The lowest BCUT2D eigenvalue weighted by Gasteiger charge is -2.27. The fourth-order valence-electron chi connectivity index (χ4n) is 1.61. The molecule has 0 aliphatic heterocycles. The molecule has 2 aromatic rings. The zero-order valence-electron chi connectivity index (χ0n) is 11.4. The van der Waals surface area contributed by atoms with E-state index in [9.17, 15) is 0 Å². The SMILES string of the molecule is CC(C)C(C)N(C)c1nc(Cl)nc(-n2cccn2)n1. The van der Waals surface area contributed by atoms with Gasteiger partial charge < -0.3 is 4.90 Å². The Labute approximate surface area is 117 Å². The predicted molar refractivity (Wildman–Crippen MR) is 74.7 cm³/mol. The van der Waals surface area contributed by atoms with Crippen molar-refractivity contribution in [3.63, 3.8) is 0 Å². The number of hydrogen-bond donors (Lipinski definition) is 0. The van der Waals surface area contributed by atoms with Crippen molar-refractivity contribution in [3.05, 3.63) is 23.7 Å². The summed E-state index contributed by atoms with van der Waals surface area (Å²) >= 11 is 5.97. The monoisotopic (exact) mass is 280 g/mol. The summed E-state index contributed by atoms with van der Waals surface area (Å²) in [6.07, 6.45) is 3.43. The second-order valence-corrected chi connectivity index (χ2v) is 5.09. The van der Waals surface area contributed by atoms with Crippen molar-refractivity contribution in [2.75, 3.05) is 11.9 Å². The quantitative estimate of drug-likeness (QED) is 0.859. The third kappa shape index (κ3) is 3.01. The van der Waals surface area contributed by atoms with Crippen molar-refractivity contribution < 1.29 is 0 Å². The third-order valence-electron chi connectivity index (χ3n) is 3.19. The van der Waals surface area contributed by atoms with Gasteiger partial charge in [-0.15, -0.1) is 0 Å². The standard InChI is InChI=1S/C12H17ClN6/c1-8(2)9(3)18(4)11-15-10(13)16-12(17-11)19-7-5-6-14-19/h5-9H,1-4H3. The maximum Gasteiger partial charge on any atom is 0.256 e. The maximum absolute atomic E-state index is 5.97. The molecule has 0 saturated heterocycles. The van der Waals surface area contributed by atoms with Crippen molar-refractivity contribution in [1.82, 2.24) is 24.7 Å². The van der Waals surface area contributed by atoms with Crippen LogP contribution in [0.15, 0.2) is 18.5 Å². The number of halogens is 1. The molecule has 7 heteroatoms. The molecule has 19 heavy (non-hydrogen) atoms.